The molecule has 0 aliphatic rings. The minimum Gasteiger partial charge on any atom is -0.492 e. The second-order valence-corrected chi connectivity index (χ2v) is 2.79. The summed E-state index contributed by atoms with van der Waals surface area (Å²) in [5, 5.41) is 9.34. The van der Waals surface area contributed by atoms with Gasteiger partial charge in [0.15, 0.2) is 7.85 Å². The highest BCUT2D eigenvalue weighted by Crippen LogP contribution is 2.10. The van der Waals surface area contributed by atoms with Gasteiger partial charge in [0.1, 0.15) is 0 Å². The van der Waals surface area contributed by atoms with E-state index >= 15 is 0 Å². The Morgan fingerprint density at radius 2 is 2.21 bits per heavy atom. The van der Waals surface area contributed by atoms with E-state index in [4.69, 9.17) is 4.74 Å². The quantitative estimate of drug-likeness (QED) is 0.479. The van der Waals surface area contributed by atoms with Gasteiger partial charge in [0.05, 0.1) is 12.3 Å². The van der Waals surface area contributed by atoms with Gasteiger partial charge in [-0.3, -0.25) is 0 Å². The van der Waals surface area contributed by atoms with Crippen molar-refractivity contribution in [2.45, 2.75) is 13.8 Å². The zero-order chi connectivity index (χ0) is 10.7. The SMILES string of the molecule is Bc1nc(C(=O)OCC)c(O)nc1C. The summed E-state index contributed by atoms with van der Waals surface area (Å²) in [6.45, 7) is 3.63. The Morgan fingerprint density at radius 1 is 1.57 bits per heavy atom. The van der Waals surface area contributed by atoms with E-state index in [9.17, 15) is 9.90 Å². The van der Waals surface area contributed by atoms with E-state index in [-0.39, 0.29) is 18.2 Å². The number of carbonyl (C=O) groups excluding carboxylic acids is 1. The van der Waals surface area contributed by atoms with Crippen molar-refractivity contribution < 1.29 is 14.6 Å². The predicted octanol–water partition coefficient (Wildman–Crippen LogP) is -1.07. The van der Waals surface area contributed by atoms with Crippen molar-refractivity contribution in [3.63, 3.8) is 0 Å². The molecule has 1 rings (SSSR count). The largest absolute Gasteiger partial charge is 0.492 e. The molecule has 0 fully saturated rings. The van der Waals surface area contributed by atoms with E-state index < -0.39 is 5.97 Å². The summed E-state index contributed by atoms with van der Waals surface area (Å²) in [6.07, 6.45) is 0. The maximum Gasteiger partial charge on any atom is 0.362 e. The van der Waals surface area contributed by atoms with Gasteiger partial charge in [-0.05, 0) is 13.8 Å². The molecule has 1 heterocycles. The Labute approximate surface area is 82.6 Å². The number of nitrogens with zero attached hydrogens (tertiary/aromatic N) is 2. The summed E-state index contributed by atoms with van der Waals surface area (Å²) in [5.74, 6) is -1.04. The van der Waals surface area contributed by atoms with Crippen molar-refractivity contribution in [2.24, 2.45) is 0 Å². The van der Waals surface area contributed by atoms with Crippen LogP contribution in [0.4, 0.5) is 0 Å². The van der Waals surface area contributed by atoms with Crippen LogP contribution in [0.2, 0.25) is 0 Å². The molecule has 0 bridgehead atoms. The normalized spacial score (nSPS) is 9.86. The van der Waals surface area contributed by atoms with E-state index in [1.54, 1.807) is 21.7 Å². The fourth-order valence-corrected chi connectivity index (χ4v) is 0.928. The first-order valence-electron chi connectivity index (χ1n) is 4.27. The van der Waals surface area contributed by atoms with Crippen LogP contribution in [0.3, 0.4) is 0 Å². The molecular weight excluding hydrogens is 183 g/mol. The molecule has 14 heavy (non-hydrogen) atoms. The minimum absolute atomic E-state index is 0.130. The number of hydrogen-bond donors (Lipinski definition) is 1. The molecular formula is C8H11BN2O3. The Balaban J connectivity index is 3.09. The van der Waals surface area contributed by atoms with Crippen molar-refractivity contribution in [1.82, 2.24) is 9.97 Å². The maximum atomic E-state index is 11.2. The summed E-state index contributed by atoms with van der Waals surface area (Å²) in [5.41, 5.74) is 1.07. The van der Waals surface area contributed by atoms with Crippen LogP contribution in [-0.4, -0.2) is 35.5 Å². The number of hydrogen-bond acceptors (Lipinski definition) is 5. The summed E-state index contributed by atoms with van der Waals surface area (Å²) in [6, 6.07) is 0. The Morgan fingerprint density at radius 3 is 2.79 bits per heavy atom. The number of aryl methyl sites for hydroxylation is 1. The standard InChI is InChI=1S/C8H11BN2O3/c1-3-14-8(13)5-7(12)10-4(2)6(9)11-5/h3,9H2,1-2H3,(H,10,12). The molecule has 0 aliphatic heterocycles. The van der Waals surface area contributed by atoms with Crippen LogP contribution in [0, 0.1) is 6.92 Å². The number of aromatic hydroxyl groups is 1. The van der Waals surface area contributed by atoms with Gasteiger partial charge in [-0.2, -0.15) is 0 Å². The maximum absolute atomic E-state index is 11.2. The second kappa shape index (κ2) is 4.08. The van der Waals surface area contributed by atoms with Gasteiger partial charge in [-0.1, -0.05) is 0 Å². The van der Waals surface area contributed by atoms with Crippen LogP contribution in [0.5, 0.6) is 5.88 Å². The molecule has 0 aliphatic carbocycles. The molecule has 1 N–H and O–H groups in total. The smallest absolute Gasteiger partial charge is 0.362 e. The number of aromatic nitrogens is 2. The van der Waals surface area contributed by atoms with Crippen LogP contribution < -0.4 is 5.59 Å². The van der Waals surface area contributed by atoms with Gasteiger partial charge in [0, 0.05) is 5.59 Å². The Bertz CT molecular complexity index is 368. The lowest BCUT2D eigenvalue weighted by Crippen LogP contribution is -2.20. The van der Waals surface area contributed by atoms with Gasteiger partial charge in [-0.25, -0.2) is 14.8 Å². The average molecular weight is 194 g/mol. The third-order valence-electron chi connectivity index (χ3n) is 1.76. The number of rotatable bonds is 2. The van der Waals surface area contributed by atoms with E-state index in [1.807, 2.05) is 0 Å². The van der Waals surface area contributed by atoms with Crippen LogP contribution in [-0.2, 0) is 4.74 Å². The first-order valence-corrected chi connectivity index (χ1v) is 4.27. The zero-order valence-electron chi connectivity index (χ0n) is 8.37. The molecule has 0 saturated heterocycles. The molecule has 0 radical (unpaired) electrons. The Hall–Kier alpha value is -1.59. The summed E-state index contributed by atoms with van der Waals surface area (Å²) in [7, 11) is 1.71. The van der Waals surface area contributed by atoms with Gasteiger partial charge in [-0.15, -0.1) is 0 Å². The molecule has 5 nitrogen and oxygen atoms in total. The third-order valence-corrected chi connectivity index (χ3v) is 1.76. The fraction of sp³-hybridized carbons (Fsp3) is 0.375. The summed E-state index contributed by atoms with van der Waals surface area (Å²) >= 11 is 0. The van der Waals surface area contributed by atoms with Crippen molar-refractivity contribution >= 4 is 19.4 Å². The zero-order valence-corrected chi connectivity index (χ0v) is 8.37. The van der Waals surface area contributed by atoms with Gasteiger partial charge in [0.2, 0.25) is 11.6 Å². The summed E-state index contributed by atoms with van der Waals surface area (Å²) in [4.78, 5) is 18.9. The molecule has 1 aromatic rings. The highest BCUT2D eigenvalue weighted by molar-refractivity contribution is 6.31. The van der Waals surface area contributed by atoms with E-state index in [2.05, 4.69) is 9.97 Å². The van der Waals surface area contributed by atoms with Crippen LogP contribution in [0.25, 0.3) is 0 Å². The van der Waals surface area contributed by atoms with Crippen molar-refractivity contribution in [2.75, 3.05) is 6.61 Å². The molecule has 74 valence electrons. The van der Waals surface area contributed by atoms with Crippen LogP contribution in [0.15, 0.2) is 0 Å². The van der Waals surface area contributed by atoms with Crippen LogP contribution in [0.1, 0.15) is 23.1 Å². The molecule has 0 saturated carbocycles. The Kier molecular flexibility index (Phi) is 3.06. The first kappa shape index (κ1) is 10.5. The topological polar surface area (TPSA) is 72.3 Å². The second-order valence-electron chi connectivity index (χ2n) is 2.79. The molecule has 1 aromatic heterocycles. The van der Waals surface area contributed by atoms with Crippen molar-refractivity contribution in [3.8, 4) is 5.88 Å². The minimum atomic E-state index is -0.652. The molecule has 0 aromatic carbocycles. The first-order chi connectivity index (χ1) is 6.56. The van der Waals surface area contributed by atoms with E-state index in [0.717, 1.165) is 0 Å². The molecule has 6 heteroatoms. The van der Waals surface area contributed by atoms with Crippen molar-refractivity contribution in [3.05, 3.63) is 11.4 Å². The fourth-order valence-electron chi connectivity index (χ4n) is 0.928. The molecule has 0 unspecified atom stereocenters. The number of carbonyl (C=O) groups is 1. The van der Waals surface area contributed by atoms with Crippen molar-refractivity contribution in [1.29, 1.82) is 0 Å². The predicted molar refractivity (Wildman–Crippen MR) is 52.6 cm³/mol. The van der Waals surface area contributed by atoms with Gasteiger partial charge < -0.3 is 9.84 Å². The van der Waals surface area contributed by atoms with Gasteiger partial charge >= 0.3 is 5.97 Å². The van der Waals surface area contributed by atoms with Gasteiger partial charge in [0.25, 0.3) is 0 Å². The monoisotopic (exact) mass is 194 g/mol. The van der Waals surface area contributed by atoms with Crippen LogP contribution >= 0.6 is 0 Å². The lowest BCUT2D eigenvalue weighted by atomic mass is 10.0. The lowest BCUT2D eigenvalue weighted by Gasteiger charge is -2.05. The van der Waals surface area contributed by atoms with E-state index in [0.29, 0.717) is 11.3 Å². The van der Waals surface area contributed by atoms with E-state index in [1.165, 1.54) is 0 Å². The number of ether oxygens (including phenoxy) is 1. The third kappa shape index (κ3) is 2.01. The molecule has 0 atom stereocenters. The average Bonchev–Trinajstić information content (AvgIpc) is 2.11. The molecule has 0 amide bonds. The lowest BCUT2D eigenvalue weighted by molar-refractivity contribution is 0.0515. The molecule has 0 spiro atoms. The highest BCUT2D eigenvalue weighted by Gasteiger charge is 2.16. The highest BCUT2D eigenvalue weighted by atomic mass is 16.5. The number of esters is 1. The summed E-state index contributed by atoms with van der Waals surface area (Å²) < 4.78 is 4.70.